The molecule has 3 rings (SSSR count). The molecule has 0 atom stereocenters. The van der Waals surface area contributed by atoms with E-state index in [0.29, 0.717) is 23.8 Å². The number of rotatable bonds is 7. The van der Waals surface area contributed by atoms with E-state index in [1.54, 1.807) is 24.3 Å². The van der Waals surface area contributed by atoms with E-state index in [0.717, 1.165) is 16.4 Å². The van der Waals surface area contributed by atoms with Gasteiger partial charge >= 0.3 is 0 Å². The second kappa shape index (κ2) is 8.82. The minimum absolute atomic E-state index is 0.281. The van der Waals surface area contributed by atoms with Gasteiger partial charge in [-0.3, -0.25) is 9.63 Å². The first kappa shape index (κ1) is 18.4. The maximum atomic E-state index is 12.0. The molecule has 0 unspecified atom stereocenters. The highest BCUT2D eigenvalue weighted by Gasteiger charge is 2.11. The zero-order valence-corrected chi connectivity index (χ0v) is 15.2. The second-order valence-corrected chi connectivity index (χ2v) is 5.72. The van der Waals surface area contributed by atoms with Gasteiger partial charge in [0.15, 0.2) is 0 Å². The molecule has 27 heavy (non-hydrogen) atoms. The highest BCUT2D eigenvalue weighted by Crippen LogP contribution is 2.23. The van der Waals surface area contributed by atoms with Crippen molar-refractivity contribution < 1.29 is 19.1 Å². The predicted molar refractivity (Wildman–Crippen MR) is 101 cm³/mol. The molecule has 0 aliphatic heterocycles. The van der Waals surface area contributed by atoms with Crippen molar-refractivity contribution in [2.45, 2.75) is 6.61 Å². The summed E-state index contributed by atoms with van der Waals surface area (Å²) in [7, 11) is 2.96. The number of benzene rings is 2. The molecule has 0 saturated heterocycles. The molecule has 1 aromatic heterocycles. The summed E-state index contributed by atoms with van der Waals surface area (Å²) in [5.41, 5.74) is 1.52. The number of ether oxygens (including phenoxy) is 2. The summed E-state index contributed by atoms with van der Waals surface area (Å²) in [6.45, 7) is 0.508. The molecule has 1 amide bonds. The predicted octanol–water partition coefficient (Wildman–Crippen LogP) is 4.09. The van der Waals surface area contributed by atoms with E-state index in [1.165, 1.54) is 20.4 Å². The van der Waals surface area contributed by atoms with Crippen LogP contribution in [0.1, 0.15) is 15.9 Å². The van der Waals surface area contributed by atoms with Gasteiger partial charge in [-0.25, -0.2) is 10.0 Å². The Balaban J connectivity index is 1.57. The molecule has 3 aromatic rings. The van der Waals surface area contributed by atoms with Crippen LogP contribution in [0.25, 0.3) is 0 Å². The van der Waals surface area contributed by atoms with Gasteiger partial charge in [0.25, 0.3) is 5.91 Å². The Morgan fingerprint density at radius 1 is 0.963 bits per heavy atom. The molecule has 0 radical (unpaired) electrons. The van der Waals surface area contributed by atoms with Crippen LogP contribution < -0.4 is 9.47 Å². The summed E-state index contributed by atoms with van der Waals surface area (Å²) in [5.74, 6) is 1.49. The van der Waals surface area contributed by atoms with E-state index < -0.39 is 0 Å². The lowest BCUT2D eigenvalue weighted by molar-refractivity contribution is -0.0757. The van der Waals surface area contributed by atoms with Gasteiger partial charge in [0.05, 0.1) is 12.7 Å². The van der Waals surface area contributed by atoms with E-state index in [-0.39, 0.29) is 5.91 Å². The maximum Gasteiger partial charge on any atom is 0.278 e. The van der Waals surface area contributed by atoms with Gasteiger partial charge < -0.3 is 9.47 Å². The van der Waals surface area contributed by atoms with Gasteiger partial charge in [0.1, 0.15) is 18.1 Å². The standard InChI is InChI=1S/C21H20N2O4/c1-23(25-2)21(24)17-8-13-20(22-14-17)27-19-11-9-18(10-12-19)26-15-16-6-4-3-5-7-16/h3-14H,15H2,1-2H3. The van der Waals surface area contributed by atoms with Crippen molar-refractivity contribution in [3.8, 4) is 17.4 Å². The van der Waals surface area contributed by atoms with Crippen molar-refractivity contribution in [3.05, 3.63) is 84.1 Å². The minimum Gasteiger partial charge on any atom is -0.489 e. The minimum atomic E-state index is -0.281. The van der Waals surface area contributed by atoms with E-state index >= 15 is 0 Å². The zero-order valence-electron chi connectivity index (χ0n) is 15.2. The molecule has 0 fully saturated rings. The molecule has 0 N–H and O–H groups in total. The van der Waals surface area contributed by atoms with Crippen LogP contribution in [0.3, 0.4) is 0 Å². The quantitative estimate of drug-likeness (QED) is 0.591. The van der Waals surface area contributed by atoms with Gasteiger partial charge in [0, 0.05) is 19.3 Å². The van der Waals surface area contributed by atoms with Crippen molar-refractivity contribution in [2.75, 3.05) is 14.2 Å². The lowest BCUT2D eigenvalue weighted by Gasteiger charge is -2.13. The van der Waals surface area contributed by atoms with E-state index in [9.17, 15) is 4.79 Å². The summed E-state index contributed by atoms with van der Waals surface area (Å²) in [5, 5.41) is 1.13. The van der Waals surface area contributed by atoms with Crippen molar-refractivity contribution in [1.29, 1.82) is 0 Å². The molecule has 0 aliphatic rings. The monoisotopic (exact) mass is 364 g/mol. The zero-order chi connectivity index (χ0) is 19.1. The third-order valence-corrected chi connectivity index (χ3v) is 3.84. The van der Waals surface area contributed by atoms with E-state index in [4.69, 9.17) is 14.3 Å². The first-order valence-corrected chi connectivity index (χ1v) is 8.38. The third-order valence-electron chi connectivity index (χ3n) is 3.84. The Morgan fingerprint density at radius 2 is 1.67 bits per heavy atom. The Hall–Kier alpha value is -3.38. The molecule has 2 aromatic carbocycles. The summed E-state index contributed by atoms with van der Waals surface area (Å²) in [4.78, 5) is 21.0. The largest absolute Gasteiger partial charge is 0.489 e. The topological polar surface area (TPSA) is 60.9 Å². The molecular formula is C21H20N2O4. The highest BCUT2D eigenvalue weighted by atomic mass is 16.7. The molecule has 6 heteroatoms. The van der Waals surface area contributed by atoms with Crippen molar-refractivity contribution >= 4 is 5.91 Å². The van der Waals surface area contributed by atoms with Gasteiger partial charge in [-0.1, -0.05) is 30.3 Å². The van der Waals surface area contributed by atoms with Crippen LogP contribution in [0.2, 0.25) is 0 Å². The average molecular weight is 364 g/mol. The Morgan fingerprint density at radius 3 is 2.30 bits per heavy atom. The summed E-state index contributed by atoms with van der Waals surface area (Å²) >= 11 is 0. The van der Waals surface area contributed by atoms with Crippen LogP contribution in [0.5, 0.6) is 17.4 Å². The van der Waals surface area contributed by atoms with Crippen LogP contribution >= 0.6 is 0 Å². The Kier molecular flexibility index (Phi) is 6.02. The number of hydroxylamine groups is 2. The van der Waals surface area contributed by atoms with Crippen molar-refractivity contribution in [1.82, 2.24) is 10.0 Å². The van der Waals surface area contributed by atoms with Gasteiger partial charge in [-0.2, -0.15) is 0 Å². The van der Waals surface area contributed by atoms with Gasteiger partial charge in [-0.15, -0.1) is 0 Å². The van der Waals surface area contributed by atoms with Crippen LogP contribution in [-0.2, 0) is 11.4 Å². The third kappa shape index (κ3) is 5.05. The number of pyridine rings is 1. The molecule has 1 heterocycles. The number of hydrogen-bond donors (Lipinski definition) is 0. The molecule has 0 bridgehead atoms. The molecular weight excluding hydrogens is 344 g/mol. The highest BCUT2D eigenvalue weighted by molar-refractivity contribution is 5.93. The fourth-order valence-corrected chi connectivity index (χ4v) is 2.30. The van der Waals surface area contributed by atoms with Crippen molar-refractivity contribution in [2.24, 2.45) is 0 Å². The molecule has 0 aliphatic carbocycles. The summed E-state index contributed by atoms with van der Waals surface area (Å²) in [6, 6.07) is 20.5. The Labute approximate surface area is 157 Å². The first-order valence-electron chi connectivity index (χ1n) is 8.38. The van der Waals surface area contributed by atoms with Gasteiger partial charge in [-0.05, 0) is 35.9 Å². The SMILES string of the molecule is CON(C)C(=O)c1ccc(Oc2ccc(OCc3ccccc3)cc2)nc1. The number of amides is 1. The lowest BCUT2D eigenvalue weighted by Crippen LogP contribution is -2.25. The molecule has 0 saturated carbocycles. The average Bonchev–Trinajstić information content (AvgIpc) is 2.73. The van der Waals surface area contributed by atoms with Crippen LogP contribution in [0, 0.1) is 0 Å². The Bertz CT molecular complexity index is 865. The molecule has 138 valence electrons. The number of aromatic nitrogens is 1. The van der Waals surface area contributed by atoms with Gasteiger partial charge in [0.2, 0.25) is 5.88 Å². The van der Waals surface area contributed by atoms with Crippen LogP contribution in [0.15, 0.2) is 72.9 Å². The second-order valence-electron chi connectivity index (χ2n) is 5.72. The number of carbonyl (C=O) groups is 1. The fraction of sp³-hybridized carbons (Fsp3) is 0.143. The fourth-order valence-electron chi connectivity index (χ4n) is 2.30. The lowest BCUT2D eigenvalue weighted by atomic mass is 10.2. The summed E-state index contributed by atoms with van der Waals surface area (Å²) < 4.78 is 11.4. The molecule has 6 nitrogen and oxygen atoms in total. The number of nitrogens with zero attached hydrogens (tertiary/aromatic N) is 2. The number of hydrogen-bond acceptors (Lipinski definition) is 5. The smallest absolute Gasteiger partial charge is 0.278 e. The molecule has 0 spiro atoms. The van der Waals surface area contributed by atoms with E-state index in [2.05, 4.69) is 4.98 Å². The van der Waals surface area contributed by atoms with Crippen LogP contribution in [0.4, 0.5) is 0 Å². The normalized spacial score (nSPS) is 10.3. The van der Waals surface area contributed by atoms with E-state index in [1.807, 2.05) is 42.5 Å². The number of carbonyl (C=O) groups excluding carboxylic acids is 1. The first-order chi connectivity index (χ1) is 13.2. The maximum absolute atomic E-state index is 12.0. The van der Waals surface area contributed by atoms with Crippen molar-refractivity contribution in [3.63, 3.8) is 0 Å². The summed E-state index contributed by atoms with van der Waals surface area (Å²) in [6.07, 6.45) is 1.45. The van der Waals surface area contributed by atoms with Crippen LogP contribution in [-0.4, -0.2) is 30.1 Å².